The largest absolute Gasteiger partial charge is 0.508 e. The number of nitrogens with two attached hydrogens (primary N) is 1. The molecule has 5 unspecified atom stereocenters. The number of aromatic hydroxyl groups is 1. The molecule has 0 aliphatic heterocycles. The number of phenols is 1. The molecule has 6 N–H and O–H groups in total. The van der Waals surface area contributed by atoms with Gasteiger partial charge in [0.25, 0.3) is 5.91 Å². The number of rotatable bonds is 4. The third-order valence-corrected chi connectivity index (χ3v) is 7.79. The highest BCUT2D eigenvalue weighted by Gasteiger charge is 2.66. The molecule has 1 fully saturated rings. The zero-order valence-corrected chi connectivity index (χ0v) is 20.2. The minimum atomic E-state index is -2.89. The molecule has 5 atom stereocenters. The number of ether oxygens (including phenoxy) is 1. The molecule has 0 radical (unpaired) electrons. The zero-order chi connectivity index (χ0) is 27.5. The summed E-state index contributed by atoms with van der Waals surface area (Å²) in [5, 5.41) is 44.3. The molecule has 2 aromatic rings. The van der Waals surface area contributed by atoms with Gasteiger partial charge < -0.3 is 30.9 Å². The van der Waals surface area contributed by atoms with Gasteiger partial charge in [0.1, 0.15) is 28.9 Å². The highest BCUT2D eigenvalue weighted by atomic mass is 16.5. The summed E-state index contributed by atoms with van der Waals surface area (Å²) in [6.07, 6.45) is -2.17. The number of esters is 1. The second-order valence-electron chi connectivity index (χ2n) is 9.85. The van der Waals surface area contributed by atoms with Crippen molar-refractivity contribution in [1.82, 2.24) is 0 Å². The summed E-state index contributed by atoms with van der Waals surface area (Å²) in [4.78, 5) is 51.7. The molecule has 5 rings (SSSR count). The van der Waals surface area contributed by atoms with E-state index in [1.54, 1.807) is 49.4 Å². The summed E-state index contributed by atoms with van der Waals surface area (Å²) in [7, 11) is 0. The van der Waals surface area contributed by atoms with Gasteiger partial charge in [-0.05, 0) is 23.1 Å². The van der Waals surface area contributed by atoms with Crippen molar-refractivity contribution in [2.24, 2.45) is 17.6 Å². The number of aliphatic hydroxyl groups is 3. The molecule has 3 aliphatic rings. The molecule has 0 spiro atoms. The van der Waals surface area contributed by atoms with Crippen LogP contribution in [0.2, 0.25) is 0 Å². The van der Waals surface area contributed by atoms with Crippen LogP contribution in [0, 0.1) is 11.8 Å². The van der Waals surface area contributed by atoms with Gasteiger partial charge in [0.15, 0.2) is 11.4 Å². The van der Waals surface area contributed by atoms with Crippen molar-refractivity contribution in [2.75, 3.05) is 0 Å². The highest BCUT2D eigenvalue weighted by Crippen LogP contribution is 2.56. The number of phenolic OH excluding ortho intramolecular Hbond substituents is 1. The van der Waals surface area contributed by atoms with Crippen molar-refractivity contribution in [3.63, 3.8) is 0 Å². The van der Waals surface area contributed by atoms with Crippen molar-refractivity contribution < 1.29 is 44.3 Å². The summed E-state index contributed by atoms with van der Waals surface area (Å²) in [6.45, 7) is 1.69. The Hall–Kier alpha value is -4.44. The molecule has 0 saturated heterocycles. The molecular weight excluding hydrogens is 494 g/mol. The molecule has 0 bridgehead atoms. The maximum atomic E-state index is 13.9. The number of fused-ring (bicyclic) bond motifs is 3. The molecule has 1 saturated carbocycles. The Morgan fingerprint density at radius 3 is 2.39 bits per heavy atom. The Morgan fingerprint density at radius 1 is 1.05 bits per heavy atom. The van der Waals surface area contributed by atoms with Crippen LogP contribution in [-0.2, 0) is 30.3 Å². The summed E-state index contributed by atoms with van der Waals surface area (Å²) in [5.41, 5.74) is 2.08. The van der Waals surface area contributed by atoms with Crippen molar-refractivity contribution in [1.29, 1.82) is 0 Å². The van der Waals surface area contributed by atoms with E-state index in [9.17, 15) is 39.6 Å². The number of aliphatic hydroxyl groups excluding tert-OH is 2. The van der Waals surface area contributed by atoms with Gasteiger partial charge in [-0.25, -0.2) is 0 Å². The summed E-state index contributed by atoms with van der Waals surface area (Å²) >= 11 is 0. The number of amides is 1. The van der Waals surface area contributed by atoms with Crippen molar-refractivity contribution >= 4 is 29.2 Å². The van der Waals surface area contributed by atoms with E-state index in [0.717, 1.165) is 0 Å². The van der Waals surface area contributed by atoms with Gasteiger partial charge in [0, 0.05) is 23.8 Å². The van der Waals surface area contributed by atoms with Crippen LogP contribution in [-0.4, -0.2) is 55.6 Å². The van der Waals surface area contributed by atoms with Gasteiger partial charge in [-0.1, -0.05) is 49.4 Å². The van der Waals surface area contributed by atoms with Crippen LogP contribution >= 0.6 is 0 Å². The van der Waals surface area contributed by atoms with E-state index >= 15 is 0 Å². The smallest absolute Gasteiger partial charge is 0.310 e. The molecule has 3 aliphatic carbocycles. The Morgan fingerprint density at radius 2 is 1.74 bits per heavy atom. The fourth-order valence-electron chi connectivity index (χ4n) is 6.04. The Balaban J connectivity index is 1.70. The number of carbonyl (C=O) groups excluding carboxylic acids is 4. The number of carbonyl (C=O) groups is 4. The molecular formula is C28H25NO9. The second kappa shape index (κ2) is 8.84. The third kappa shape index (κ3) is 3.52. The summed E-state index contributed by atoms with van der Waals surface area (Å²) < 4.78 is 5.84. The molecule has 0 heterocycles. The molecule has 196 valence electrons. The lowest BCUT2D eigenvalue weighted by molar-refractivity contribution is -0.178. The van der Waals surface area contributed by atoms with E-state index in [2.05, 4.69) is 0 Å². The van der Waals surface area contributed by atoms with Gasteiger partial charge in [0.2, 0.25) is 5.78 Å². The van der Waals surface area contributed by atoms with Crippen LogP contribution in [0.3, 0.4) is 0 Å². The second-order valence-corrected chi connectivity index (χ2v) is 9.85. The van der Waals surface area contributed by atoms with Gasteiger partial charge in [-0.15, -0.1) is 0 Å². The average molecular weight is 520 g/mol. The van der Waals surface area contributed by atoms with Gasteiger partial charge in [0.05, 0.1) is 12.0 Å². The molecule has 1 amide bonds. The SMILES string of the molecule is CC1c2cccc(O)c2C(O)=C2C(=O)C3(O)C(O)=C(C(N)=O)C(=O)CC3C(OC(=O)Cc3ccccc3)C21. The van der Waals surface area contributed by atoms with E-state index in [4.69, 9.17) is 10.5 Å². The van der Waals surface area contributed by atoms with Crippen molar-refractivity contribution in [3.05, 3.63) is 82.1 Å². The van der Waals surface area contributed by atoms with Crippen LogP contribution in [0.4, 0.5) is 0 Å². The fraction of sp³-hybridized carbons (Fsp3) is 0.286. The quantitative estimate of drug-likeness (QED) is 0.296. The van der Waals surface area contributed by atoms with E-state index < -0.39 is 82.0 Å². The number of primary amides is 1. The normalized spacial score (nSPS) is 28.4. The topological polar surface area (TPSA) is 184 Å². The number of benzene rings is 2. The number of ketones is 2. The minimum Gasteiger partial charge on any atom is -0.508 e. The molecule has 10 heteroatoms. The van der Waals surface area contributed by atoms with E-state index in [1.807, 2.05) is 0 Å². The van der Waals surface area contributed by atoms with E-state index in [0.29, 0.717) is 11.1 Å². The first-order valence-electron chi connectivity index (χ1n) is 12.0. The molecule has 0 aromatic heterocycles. The first-order chi connectivity index (χ1) is 18.0. The number of hydrogen-bond acceptors (Lipinski definition) is 9. The minimum absolute atomic E-state index is 0.0403. The molecule has 10 nitrogen and oxygen atoms in total. The Kier molecular flexibility index (Phi) is 5.87. The predicted octanol–water partition coefficient (Wildman–Crippen LogP) is 1.75. The van der Waals surface area contributed by atoms with Crippen LogP contribution in [0.25, 0.3) is 5.76 Å². The lowest BCUT2D eigenvalue weighted by Crippen LogP contribution is -2.64. The van der Waals surface area contributed by atoms with Crippen LogP contribution in [0.5, 0.6) is 5.75 Å². The zero-order valence-electron chi connectivity index (χ0n) is 20.2. The van der Waals surface area contributed by atoms with Gasteiger partial charge in [-0.3, -0.25) is 19.2 Å². The van der Waals surface area contributed by atoms with Gasteiger partial charge >= 0.3 is 5.97 Å². The first-order valence-corrected chi connectivity index (χ1v) is 12.0. The lowest BCUT2D eigenvalue weighted by atomic mass is 9.55. The molecule has 2 aromatic carbocycles. The third-order valence-electron chi connectivity index (χ3n) is 7.79. The van der Waals surface area contributed by atoms with Crippen molar-refractivity contribution in [2.45, 2.75) is 37.4 Å². The van der Waals surface area contributed by atoms with Crippen LogP contribution in [0.1, 0.15) is 36.0 Å². The van der Waals surface area contributed by atoms with Crippen LogP contribution < -0.4 is 5.73 Å². The van der Waals surface area contributed by atoms with Crippen LogP contribution in [0.15, 0.2) is 65.4 Å². The van der Waals surface area contributed by atoms with Gasteiger partial charge in [-0.2, -0.15) is 0 Å². The maximum absolute atomic E-state index is 13.9. The maximum Gasteiger partial charge on any atom is 0.310 e. The summed E-state index contributed by atoms with van der Waals surface area (Å²) in [6, 6.07) is 13.2. The number of hydrogen-bond donors (Lipinski definition) is 5. The van der Waals surface area contributed by atoms with Crippen molar-refractivity contribution in [3.8, 4) is 5.75 Å². The Labute approximate surface area is 216 Å². The number of Topliss-reactive ketones (excluding diaryl/α,β-unsaturated/α-hetero) is 2. The van der Waals surface area contributed by atoms with E-state index in [1.165, 1.54) is 6.07 Å². The van der Waals surface area contributed by atoms with E-state index in [-0.39, 0.29) is 17.7 Å². The fourth-order valence-corrected chi connectivity index (χ4v) is 6.04. The first kappa shape index (κ1) is 25.2. The average Bonchev–Trinajstić information content (AvgIpc) is 2.86. The Bertz CT molecular complexity index is 1460. The molecule has 38 heavy (non-hydrogen) atoms. The monoisotopic (exact) mass is 519 g/mol. The summed E-state index contributed by atoms with van der Waals surface area (Å²) in [5.74, 6) is -9.57. The standard InChI is InChI=1S/C28H25NO9/c1-12-14-8-5-9-16(30)20(14)23(33)22-19(12)24(38-18(32)10-13-6-3-2-4-7-13)15-11-17(31)21(27(29)36)25(34)28(15,37)26(22)35/h2-9,12,15,19,24,30,33-34,37H,10-11H2,1H3,(H2,29,36). The predicted molar refractivity (Wildman–Crippen MR) is 132 cm³/mol. The lowest BCUT2D eigenvalue weighted by Gasteiger charge is -2.51. The highest BCUT2D eigenvalue weighted by molar-refractivity contribution is 6.23.